The lowest BCUT2D eigenvalue weighted by Crippen LogP contribution is -2.47. The summed E-state index contributed by atoms with van der Waals surface area (Å²) >= 11 is 0. The molecule has 0 radical (unpaired) electrons. The van der Waals surface area contributed by atoms with Crippen LogP contribution in [0.3, 0.4) is 0 Å². The van der Waals surface area contributed by atoms with Crippen LogP contribution in [0, 0.1) is 0 Å². The molecule has 1 heterocycles. The minimum Gasteiger partial charge on any atom is -0.336 e. The summed E-state index contributed by atoms with van der Waals surface area (Å²) in [5.74, 6) is -0.824. The predicted molar refractivity (Wildman–Crippen MR) is 69.8 cm³/mol. The summed E-state index contributed by atoms with van der Waals surface area (Å²) < 4.78 is 76.8. The van der Waals surface area contributed by atoms with Gasteiger partial charge in [0.2, 0.25) is 0 Å². The Morgan fingerprint density at radius 1 is 0.870 bits per heavy atom. The number of halogens is 6. The molecule has 1 aromatic carbocycles. The molecule has 1 aliphatic heterocycles. The Bertz CT molecular complexity index is 556. The van der Waals surface area contributed by atoms with Crippen LogP contribution in [0.4, 0.5) is 26.3 Å². The number of hydrogen-bond acceptors (Lipinski definition) is 2. The average molecular weight is 340 g/mol. The van der Waals surface area contributed by atoms with Gasteiger partial charge >= 0.3 is 12.4 Å². The molecule has 3 nitrogen and oxygen atoms in total. The molecule has 128 valence electrons. The predicted octanol–water partition coefficient (Wildman–Crippen LogP) is 3.11. The van der Waals surface area contributed by atoms with Crippen molar-refractivity contribution in [1.29, 1.82) is 0 Å². The van der Waals surface area contributed by atoms with Gasteiger partial charge in [-0.1, -0.05) is 0 Å². The van der Waals surface area contributed by atoms with Crippen LogP contribution in [-0.4, -0.2) is 48.9 Å². The highest BCUT2D eigenvalue weighted by atomic mass is 19.4. The molecule has 0 N–H and O–H groups in total. The highest BCUT2D eigenvalue weighted by Gasteiger charge is 2.38. The lowest BCUT2D eigenvalue weighted by molar-refractivity contribution is -0.143. The maximum atomic E-state index is 12.8. The van der Waals surface area contributed by atoms with E-state index in [0.29, 0.717) is 25.2 Å². The van der Waals surface area contributed by atoms with Crippen LogP contribution in [0.5, 0.6) is 0 Å². The number of amides is 1. The zero-order chi connectivity index (χ0) is 17.4. The van der Waals surface area contributed by atoms with E-state index in [1.54, 1.807) is 0 Å². The van der Waals surface area contributed by atoms with Gasteiger partial charge in [-0.05, 0) is 25.2 Å². The number of piperazine rings is 1. The SMILES string of the molecule is CN1CCN(C(=O)c2cc(C(F)(F)F)cc(C(F)(F)F)c2)CC1. The second-order valence-corrected chi connectivity index (χ2v) is 5.39. The van der Waals surface area contributed by atoms with Crippen LogP contribution in [0.2, 0.25) is 0 Å². The quantitative estimate of drug-likeness (QED) is 0.734. The van der Waals surface area contributed by atoms with Crippen LogP contribution < -0.4 is 0 Å². The van der Waals surface area contributed by atoms with E-state index in [1.165, 1.54) is 4.90 Å². The largest absolute Gasteiger partial charge is 0.416 e. The van der Waals surface area contributed by atoms with E-state index in [1.807, 2.05) is 11.9 Å². The van der Waals surface area contributed by atoms with Gasteiger partial charge < -0.3 is 9.80 Å². The molecule has 0 atom stereocenters. The third-order valence-electron chi connectivity index (χ3n) is 3.63. The molecule has 2 rings (SSSR count). The summed E-state index contributed by atoms with van der Waals surface area (Å²) in [4.78, 5) is 15.4. The van der Waals surface area contributed by atoms with Crippen molar-refractivity contribution < 1.29 is 31.1 Å². The lowest BCUT2D eigenvalue weighted by atomic mass is 10.0. The zero-order valence-corrected chi connectivity index (χ0v) is 12.1. The molecule has 1 fully saturated rings. The number of likely N-dealkylation sites (N-methyl/N-ethyl adjacent to an activating group) is 1. The molecule has 1 amide bonds. The first-order chi connectivity index (χ1) is 10.5. The molecule has 0 spiro atoms. The number of benzene rings is 1. The van der Waals surface area contributed by atoms with Crippen molar-refractivity contribution in [1.82, 2.24) is 9.80 Å². The van der Waals surface area contributed by atoms with Gasteiger partial charge in [0, 0.05) is 31.7 Å². The molecule has 0 aromatic heterocycles. The second kappa shape index (κ2) is 6.03. The maximum absolute atomic E-state index is 12.8. The summed E-state index contributed by atoms with van der Waals surface area (Å²) in [7, 11) is 1.81. The van der Waals surface area contributed by atoms with Crippen molar-refractivity contribution in [2.45, 2.75) is 12.4 Å². The number of nitrogens with zero attached hydrogens (tertiary/aromatic N) is 2. The van der Waals surface area contributed by atoms with Gasteiger partial charge in [0.1, 0.15) is 0 Å². The minimum atomic E-state index is -4.96. The molecule has 1 aromatic rings. The molecule has 1 saturated heterocycles. The Balaban J connectivity index is 2.39. The smallest absolute Gasteiger partial charge is 0.336 e. The van der Waals surface area contributed by atoms with Gasteiger partial charge in [-0.25, -0.2) is 0 Å². The van der Waals surface area contributed by atoms with Crippen LogP contribution in [0.15, 0.2) is 18.2 Å². The number of hydrogen-bond donors (Lipinski definition) is 0. The standard InChI is InChI=1S/C14H14F6N2O/c1-21-2-4-22(5-3-21)12(23)9-6-10(13(15,16)17)8-11(7-9)14(18,19)20/h6-8H,2-5H2,1H3. The Morgan fingerprint density at radius 3 is 1.70 bits per heavy atom. The summed E-state index contributed by atoms with van der Waals surface area (Å²) in [6.45, 7) is 1.54. The number of carbonyl (C=O) groups excluding carboxylic acids is 1. The highest BCUT2D eigenvalue weighted by molar-refractivity contribution is 5.94. The molecule has 23 heavy (non-hydrogen) atoms. The monoisotopic (exact) mass is 340 g/mol. The molecule has 0 bridgehead atoms. The van der Waals surface area contributed by atoms with Crippen LogP contribution >= 0.6 is 0 Å². The number of rotatable bonds is 1. The van der Waals surface area contributed by atoms with Gasteiger partial charge in [0.15, 0.2) is 0 Å². The van der Waals surface area contributed by atoms with Crippen LogP contribution in [0.25, 0.3) is 0 Å². The van der Waals surface area contributed by atoms with Crippen molar-refractivity contribution >= 4 is 5.91 Å². The van der Waals surface area contributed by atoms with Crippen molar-refractivity contribution in [3.05, 3.63) is 34.9 Å². The molecular formula is C14H14F6N2O. The zero-order valence-electron chi connectivity index (χ0n) is 12.1. The first-order valence-electron chi connectivity index (χ1n) is 6.76. The van der Waals surface area contributed by atoms with Crippen LogP contribution in [0.1, 0.15) is 21.5 Å². The molecule has 0 saturated carbocycles. The topological polar surface area (TPSA) is 23.6 Å². The van der Waals surface area contributed by atoms with E-state index < -0.39 is 35.0 Å². The fraction of sp³-hybridized carbons (Fsp3) is 0.500. The van der Waals surface area contributed by atoms with Crippen molar-refractivity contribution in [3.63, 3.8) is 0 Å². The van der Waals surface area contributed by atoms with Gasteiger partial charge in [-0.2, -0.15) is 26.3 Å². The van der Waals surface area contributed by atoms with E-state index in [-0.39, 0.29) is 19.2 Å². The lowest BCUT2D eigenvalue weighted by Gasteiger charge is -2.32. The van der Waals surface area contributed by atoms with Crippen molar-refractivity contribution in [2.75, 3.05) is 33.2 Å². The third kappa shape index (κ3) is 4.15. The van der Waals surface area contributed by atoms with E-state index in [4.69, 9.17) is 0 Å². The molecule has 9 heteroatoms. The summed E-state index contributed by atoms with van der Waals surface area (Å²) in [6.07, 6.45) is -9.92. The molecular weight excluding hydrogens is 326 g/mol. The normalized spacial score (nSPS) is 17.4. The van der Waals surface area contributed by atoms with Gasteiger partial charge in [-0.3, -0.25) is 4.79 Å². The number of alkyl halides is 6. The van der Waals surface area contributed by atoms with E-state index in [2.05, 4.69) is 0 Å². The van der Waals surface area contributed by atoms with Crippen molar-refractivity contribution in [2.24, 2.45) is 0 Å². The maximum Gasteiger partial charge on any atom is 0.416 e. The first-order valence-corrected chi connectivity index (χ1v) is 6.76. The summed E-state index contributed by atoms with van der Waals surface area (Å²) in [6, 6.07) is 0.951. The summed E-state index contributed by atoms with van der Waals surface area (Å²) in [5.41, 5.74) is -3.56. The Hall–Kier alpha value is -1.77. The van der Waals surface area contributed by atoms with Crippen molar-refractivity contribution in [3.8, 4) is 0 Å². The third-order valence-corrected chi connectivity index (χ3v) is 3.63. The summed E-state index contributed by atoms with van der Waals surface area (Å²) in [5, 5.41) is 0. The fourth-order valence-corrected chi connectivity index (χ4v) is 2.27. The van der Waals surface area contributed by atoms with Gasteiger partial charge in [0.25, 0.3) is 5.91 Å². The Kier molecular flexibility index (Phi) is 4.61. The van der Waals surface area contributed by atoms with E-state index in [9.17, 15) is 31.1 Å². The van der Waals surface area contributed by atoms with Gasteiger partial charge in [-0.15, -0.1) is 0 Å². The Labute approximate surface area is 128 Å². The Morgan fingerprint density at radius 2 is 1.30 bits per heavy atom. The minimum absolute atomic E-state index is 0.0146. The average Bonchev–Trinajstić information content (AvgIpc) is 2.45. The highest BCUT2D eigenvalue weighted by Crippen LogP contribution is 2.36. The van der Waals surface area contributed by atoms with Gasteiger partial charge in [0.05, 0.1) is 11.1 Å². The molecule has 0 unspecified atom stereocenters. The van der Waals surface area contributed by atoms with E-state index in [0.717, 1.165) is 0 Å². The number of carbonyl (C=O) groups is 1. The fourth-order valence-electron chi connectivity index (χ4n) is 2.27. The molecule has 0 aliphatic carbocycles. The second-order valence-electron chi connectivity index (χ2n) is 5.39. The molecule has 1 aliphatic rings. The van der Waals surface area contributed by atoms with Crippen LogP contribution in [-0.2, 0) is 12.4 Å². The van der Waals surface area contributed by atoms with E-state index >= 15 is 0 Å². The first kappa shape index (κ1) is 17.6.